The van der Waals surface area contributed by atoms with Gasteiger partial charge in [0.1, 0.15) is 0 Å². The maximum atomic E-state index is 10.7. The van der Waals surface area contributed by atoms with Gasteiger partial charge in [-0.2, -0.15) is 0 Å². The molecule has 0 spiro atoms. The summed E-state index contributed by atoms with van der Waals surface area (Å²) in [6.45, 7) is 0. The fraction of sp³-hybridized carbons (Fsp3) is 1.00. The van der Waals surface area contributed by atoms with Crippen molar-refractivity contribution in [2.75, 3.05) is 5.75 Å². The number of hydrogen-bond donors (Lipinski definition) is 1. The smallest absolute Gasteiger partial charge is 0.209 e. The van der Waals surface area contributed by atoms with Gasteiger partial charge in [-0.1, -0.05) is 51.4 Å². The Morgan fingerprint density at radius 1 is 1.00 bits per heavy atom. The van der Waals surface area contributed by atoms with Crippen molar-refractivity contribution in [3.63, 3.8) is 0 Å². The van der Waals surface area contributed by atoms with Crippen molar-refractivity contribution in [2.24, 2.45) is 11.1 Å². The molecule has 1 saturated carbocycles. The number of rotatable bonds is 6. The molecule has 0 aromatic carbocycles. The Labute approximate surface area is 93.5 Å². The molecule has 90 valence electrons. The first-order chi connectivity index (χ1) is 7.08. The minimum absolute atomic E-state index is 0.150. The van der Waals surface area contributed by atoms with Gasteiger partial charge >= 0.3 is 0 Å². The number of unbranched alkanes of at least 4 members (excludes halogenated alkanes) is 2. The lowest BCUT2D eigenvalue weighted by atomic mass is 9.86. The van der Waals surface area contributed by atoms with Crippen molar-refractivity contribution in [3.05, 3.63) is 0 Å². The first kappa shape index (κ1) is 13.0. The van der Waals surface area contributed by atoms with Crippen LogP contribution in [0.3, 0.4) is 0 Å². The van der Waals surface area contributed by atoms with Gasteiger partial charge in [0.05, 0.1) is 5.75 Å². The summed E-state index contributed by atoms with van der Waals surface area (Å²) in [5.41, 5.74) is 0. The summed E-state index contributed by atoms with van der Waals surface area (Å²) in [7, 11) is -3.23. The van der Waals surface area contributed by atoms with Crippen LogP contribution in [-0.2, 0) is 10.0 Å². The van der Waals surface area contributed by atoms with Crippen molar-refractivity contribution in [1.29, 1.82) is 0 Å². The summed E-state index contributed by atoms with van der Waals surface area (Å²) < 4.78 is 21.3. The number of nitrogens with two attached hydrogens (primary N) is 1. The van der Waals surface area contributed by atoms with E-state index in [1.54, 1.807) is 0 Å². The highest BCUT2D eigenvalue weighted by atomic mass is 32.2. The molecular weight excluding hydrogens is 210 g/mol. The number of hydrogen-bond acceptors (Lipinski definition) is 2. The Morgan fingerprint density at radius 2 is 1.67 bits per heavy atom. The molecule has 0 atom stereocenters. The average Bonchev–Trinajstić information content (AvgIpc) is 2.17. The molecule has 0 aromatic heterocycles. The second-order valence-electron chi connectivity index (χ2n) is 4.72. The average molecular weight is 233 g/mol. The molecule has 0 bridgehead atoms. The van der Waals surface area contributed by atoms with Crippen molar-refractivity contribution < 1.29 is 8.42 Å². The van der Waals surface area contributed by atoms with Crippen molar-refractivity contribution in [2.45, 2.75) is 57.8 Å². The first-order valence-electron chi connectivity index (χ1n) is 6.08. The Morgan fingerprint density at radius 3 is 2.27 bits per heavy atom. The SMILES string of the molecule is NS(=O)(=O)CCCCCC1CCCCC1. The first-order valence-corrected chi connectivity index (χ1v) is 7.80. The van der Waals surface area contributed by atoms with Crippen LogP contribution >= 0.6 is 0 Å². The highest BCUT2D eigenvalue weighted by Crippen LogP contribution is 2.27. The standard InChI is InChI=1S/C11H23NO2S/c12-15(13,14)10-6-2-5-9-11-7-3-1-4-8-11/h11H,1-10H2,(H2,12,13,14). The third-order valence-electron chi connectivity index (χ3n) is 3.27. The van der Waals surface area contributed by atoms with E-state index in [-0.39, 0.29) is 5.75 Å². The molecule has 1 fully saturated rings. The number of primary sulfonamides is 1. The predicted molar refractivity (Wildman–Crippen MR) is 63.0 cm³/mol. The minimum Gasteiger partial charge on any atom is -0.229 e. The van der Waals surface area contributed by atoms with Crippen LogP contribution in [0.5, 0.6) is 0 Å². The molecule has 0 radical (unpaired) electrons. The Bertz CT molecular complexity index is 256. The zero-order valence-electron chi connectivity index (χ0n) is 9.45. The monoisotopic (exact) mass is 233 g/mol. The van der Waals surface area contributed by atoms with E-state index in [1.165, 1.54) is 44.9 Å². The zero-order valence-corrected chi connectivity index (χ0v) is 10.3. The molecule has 0 aliphatic heterocycles. The molecule has 1 aliphatic carbocycles. The van der Waals surface area contributed by atoms with Gasteiger partial charge in [-0.3, -0.25) is 0 Å². The molecule has 1 aliphatic rings. The summed E-state index contributed by atoms with van der Waals surface area (Å²) in [6.07, 6.45) is 11.1. The minimum atomic E-state index is -3.23. The van der Waals surface area contributed by atoms with Crippen LogP contribution in [0.15, 0.2) is 0 Å². The Kier molecular flexibility index (Phi) is 5.61. The van der Waals surface area contributed by atoms with Crippen molar-refractivity contribution in [1.82, 2.24) is 0 Å². The van der Waals surface area contributed by atoms with E-state index in [4.69, 9.17) is 5.14 Å². The fourth-order valence-electron chi connectivity index (χ4n) is 2.39. The summed E-state index contributed by atoms with van der Waals surface area (Å²) in [4.78, 5) is 0. The summed E-state index contributed by atoms with van der Waals surface area (Å²) in [5.74, 6) is 1.06. The second-order valence-corrected chi connectivity index (χ2v) is 6.45. The van der Waals surface area contributed by atoms with Gasteiger partial charge in [0.2, 0.25) is 10.0 Å². The van der Waals surface area contributed by atoms with Gasteiger partial charge in [-0.05, 0) is 12.3 Å². The summed E-state index contributed by atoms with van der Waals surface area (Å²) in [6, 6.07) is 0. The van der Waals surface area contributed by atoms with Crippen LogP contribution in [0.1, 0.15) is 57.8 Å². The van der Waals surface area contributed by atoms with Gasteiger partial charge in [0, 0.05) is 0 Å². The van der Waals surface area contributed by atoms with Crippen LogP contribution < -0.4 is 5.14 Å². The highest BCUT2D eigenvalue weighted by molar-refractivity contribution is 7.89. The molecule has 4 heteroatoms. The van der Waals surface area contributed by atoms with Gasteiger partial charge in [0.15, 0.2) is 0 Å². The summed E-state index contributed by atoms with van der Waals surface area (Å²) >= 11 is 0. The van der Waals surface area contributed by atoms with E-state index in [9.17, 15) is 8.42 Å². The fourth-order valence-corrected chi connectivity index (χ4v) is 3.00. The van der Waals surface area contributed by atoms with Crippen LogP contribution in [0.25, 0.3) is 0 Å². The Balaban J connectivity index is 1.96. The van der Waals surface area contributed by atoms with Gasteiger partial charge in [-0.25, -0.2) is 13.6 Å². The maximum absolute atomic E-state index is 10.7. The van der Waals surface area contributed by atoms with Crippen LogP contribution in [0, 0.1) is 5.92 Å². The van der Waals surface area contributed by atoms with Gasteiger partial charge < -0.3 is 0 Å². The molecule has 0 heterocycles. The molecule has 1 rings (SSSR count). The molecule has 0 unspecified atom stereocenters. The second kappa shape index (κ2) is 6.48. The molecule has 2 N–H and O–H groups in total. The largest absolute Gasteiger partial charge is 0.229 e. The molecule has 0 aromatic rings. The van der Waals surface area contributed by atoms with Crippen LogP contribution in [0.4, 0.5) is 0 Å². The molecule has 0 amide bonds. The van der Waals surface area contributed by atoms with E-state index in [1.807, 2.05) is 0 Å². The van der Waals surface area contributed by atoms with Gasteiger partial charge in [-0.15, -0.1) is 0 Å². The molecule has 15 heavy (non-hydrogen) atoms. The van der Waals surface area contributed by atoms with E-state index in [0.29, 0.717) is 0 Å². The van der Waals surface area contributed by atoms with Gasteiger partial charge in [0.25, 0.3) is 0 Å². The van der Waals surface area contributed by atoms with Crippen LogP contribution in [0.2, 0.25) is 0 Å². The lowest BCUT2D eigenvalue weighted by Crippen LogP contribution is -2.16. The lowest BCUT2D eigenvalue weighted by Gasteiger charge is -2.21. The highest BCUT2D eigenvalue weighted by Gasteiger charge is 2.12. The lowest BCUT2D eigenvalue weighted by molar-refractivity contribution is 0.329. The van der Waals surface area contributed by atoms with E-state index < -0.39 is 10.0 Å². The van der Waals surface area contributed by atoms with Crippen LogP contribution in [-0.4, -0.2) is 14.2 Å². The number of sulfonamides is 1. The topological polar surface area (TPSA) is 60.2 Å². The normalized spacial score (nSPS) is 19.3. The molecule has 3 nitrogen and oxygen atoms in total. The predicted octanol–water partition coefficient (Wildman–Crippen LogP) is 2.42. The molecule has 0 saturated heterocycles. The summed E-state index contributed by atoms with van der Waals surface area (Å²) in [5, 5.41) is 4.93. The third kappa shape index (κ3) is 6.90. The Hall–Kier alpha value is -0.0900. The van der Waals surface area contributed by atoms with E-state index in [0.717, 1.165) is 18.8 Å². The van der Waals surface area contributed by atoms with E-state index in [2.05, 4.69) is 0 Å². The quantitative estimate of drug-likeness (QED) is 0.716. The zero-order chi connectivity index (χ0) is 11.1. The van der Waals surface area contributed by atoms with E-state index >= 15 is 0 Å². The third-order valence-corrected chi connectivity index (χ3v) is 4.12. The van der Waals surface area contributed by atoms with Crippen molar-refractivity contribution >= 4 is 10.0 Å². The molecular formula is C11H23NO2S. The maximum Gasteiger partial charge on any atom is 0.209 e. The van der Waals surface area contributed by atoms with Crippen molar-refractivity contribution in [3.8, 4) is 0 Å².